The lowest BCUT2D eigenvalue weighted by atomic mass is 9.78. The van der Waals surface area contributed by atoms with Gasteiger partial charge in [-0.3, -0.25) is 4.90 Å². The summed E-state index contributed by atoms with van der Waals surface area (Å²) in [5.41, 5.74) is 7.80. The van der Waals surface area contributed by atoms with Crippen molar-refractivity contribution >= 4 is 0 Å². The smallest absolute Gasteiger partial charge is 0.118 e. The Morgan fingerprint density at radius 3 is 2.05 bits per heavy atom. The van der Waals surface area contributed by atoms with Crippen LogP contribution in [0.5, 0.6) is 5.75 Å². The zero-order chi connectivity index (χ0) is 15.9. The Hall–Kier alpha value is -1.06. The summed E-state index contributed by atoms with van der Waals surface area (Å²) in [6.45, 7) is 10.9. The van der Waals surface area contributed by atoms with Gasteiger partial charge in [-0.2, -0.15) is 0 Å². The Labute approximate surface area is 130 Å². The minimum atomic E-state index is -0.311. The maximum Gasteiger partial charge on any atom is 0.118 e. The molecule has 0 saturated carbocycles. The van der Waals surface area contributed by atoms with E-state index < -0.39 is 0 Å². The molecule has 120 valence electrons. The lowest BCUT2D eigenvalue weighted by Gasteiger charge is -2.43. The molecule has 21 heavy (non-hydrogen) atoms. The molecule has 2 atom stereocenters. The number of benzene rings is 1. The van der Waals surface area contributed by atoms with Gasteiger partial charge in [-0.05, 0) is 43.6 Å². The predicted molar refractivity (Wildman–Crippen MR) is 90.8 cm³/mol. The van der Waals surface area contributed by atoms with Crippen LogP contribution in [0.25, 0.3) is 0 Å². The van der Waals surface area contributed by atoms with E-state index in [0.29, 0.717) is 6.04 Å². The maximum atomic E-state index is 6.91. The van der Waals surface area contributed by atoms with Crippen LogP contribution in [-0.4, -0.2) is 31.1 Å². The number of nitrogens with zero attached hydrogens (tertiary/aromatic N) is 1. The van der Waals surface area contributed by atoms with Crippen molar-refractivity contribution < 1.29 is 4.74 Å². The number of rotatable bonds is 9. The highest BCUT2D eigenvalue weighted by Gasteiger charge is 2.37. The van der Waals surface area contributed by atoms with Gasteiger partial charge in [0, 0.05) is 6.04 Å². The monoisotopic (exact) mass is 292 g/mol. The van der Waals surface area contributed by atoms with Gasteiger partial charge in [0.25, 0.3) is 0 Å². The third-order valence-electron chi connectivity index (χ3n) is 4.62. The third kappa shape index (κ3) is 3.98. The molecule has 0 heterocycles. The lowest BCUT2D eigenvalue weighted by molar-refractivity contribution is 0.116. The molecule has 3 heteroatoms. The zero-order valence-corrected chi connectivity index (χ0v) is 14.4. The fourth-order valence-electron chi connectivity index (χ4n) is 3.24. The summed E-state index contributed by atoms with van der Waals surface area (Å²) < 4.78 is 5.26. The first kappa shape index (κ1) is 18.0. The van der Waals surface area contributed by atoms with E-state index in [0.717, 1.165) is 38.1 Å². The highest BCUT2D eigenvalue weighted by Crippen LogP contribution is 2.33. The Balaban J connectivity index is 3.17. The molecular formula is C18H32N2O. The van der Waals surface area contributed by atoms with Crippen LogP contribution in [0.4, 0.5) is 0 Å². The zero-order valence-electron chi connectivity index (χ0n) is 14.4. The predicted octanol–water partition coefficient (Wildman–Crippen LogP) is 3.77. The van der Waals surface area contributed by atoms with Gasteiger partial charge < -0.3 is 10.5 Å². The van der Waals surface area contributed by atoms with Gasteiger partial charge >= 0.3 is 0 Å². The number of ether oxygens (including phenoxy) is 1. The van der Waals surface area contributed by atoms with Crippen LogP contribution in [0.15, 0.2) is 24.3 Å². The molecule has 0 saturated heterocycles. The summed E-state index contributed by atoms with van der Waals surface area (Å²) in [6.07, 6.45) is 3.20. The van der Waals surface area contributed by atoms with Gasteiger partial charge in [0.1, 0.15) is 5.75 Å². The van der Waals surface area contributed by atoms with Crippen molar-refractivity contribution in [2.24, 2.45) is 5.73 Å². The Bertz CT molecular complexity index is 400. The van der Waals surface area contributed by atoms with Crippen LogP contribution in [0.3, 0.4) is 0 Å². The summed E-state index contributed by atoms with van der Waals surface area (Å²) in [5.74, 6) is 0.882. The van der Waals surface area contributed by atoms with E-state index in [1.54, 1.807) is 7.11 Å². The number of hydrogen-bond donors (Lipinski definition) is 1. The van der Waals surface area contributed by atoms with Crippen molar-refractivity contribution in [3.63, 3.8) is 0 Å². The van der Waals surface area contributed by atoms with E-state index in [1.165, 1.54) is 5.56 Å². The molecule has 0 aliphatic rings. The third-order valence-corrected chi connectivity index (χ3v) is 4.62. The van der Waals surface area contributed by atoms with Crippen molar-refractivity contribution in [3.05, 3.63) is 29.8 Å². The first-order valence-corrected chi connectivity index (χ1v) is 8.24. The van der Waals surface area contributed by atoms with E-state index in [2.05, 4.69) is 44.7 Å². The number of methoxy groups -OCH3 is 1. The van der Waals surface area contributed by atoms with Gasteiger partial charge in [-0.15, -0.1) is 0 Å². The molecule has 3 nitrogen and oxygen atoms in total. The molecule has 2 N–H and O–H groups in total. The second-order valence-electron chi connectivity index (χ2n) is 5.65. The number of hydrogen-bond acceptors (Lipinski definition) is 3. The van der Waals surface area contributed by atoms with Gasteiger partial charge in [0.15, 0.2) is 0 Å². The van der Waals surface area contributed by atoms with Crippen LogP contribution in [0, 0.1) is 0 Å². The number of nitrogens with two attached hydrogens (primary N) is 1. The highest BCUT2D eigenvalue weighted by molar-refractivity contribution is 5.33. The minimum Gasteiger partial charge on any atom is -0.497 e. The highest BCUT2D eigenvalue weighted by atomic mass is 16.5. The summed E-state index contributed by atoms with van der Waals surface area (Å²) in [7, 11) is 1.69. The molecule has 1 rings (SSSR count). The molecule has 0 aliphatic heterocycles. The van der Waals surface area contributed by atoms with Crippen molar-refractivity contribution in [1.82, 2.24) is 4.90 Å². The van der Waals surface area contributed by atoms with Gasteiger partial charge in [-0.1, -0.05) is 46.2 Å². The quantitative estimate of drug-likeness (QED) is 0.753. The molecule has 0 fully saturated rings. The van der Waals surface area contributed by atoms with Crippen LogP contribution >= 0.6 is 0 Å². The second-order valence-corrected chi connectivity index (χ2v) is 5.65. The van der Waals surface area contributed by atoms with Crippen molar-refractivity contribution in [1.29, 1.82) is 0 Å². The topological polar surface area (TPSA) is 38.5 Å². The normalized spacial score (nSPS) is 15.8. The van der Waals surface area contributed by atoms with E-state index in [1.807, 2.05) is 12.1 Å². The molecule has 1 aromatic carbocycles. The average molecular weight is 292 g/mol. The minimum absolute atomic E-state index is 0.311. The summed E-state index contributed by atoms with van der Waals surface area (Å²) in [5, 5.41) is 0. The van der Waals surface area contributed by atoms with E-state index in [9.17, 15) is 0 Å². The Kier molecular flexibility index (Phi) is 7.20. The van der Waals surface area contributed by atoms with Crippen LogP contribution in [0.1, 0.15) is 52.5 Å². The molecule has 0 aliphatic carbocycles. The maximum absolute atomic E-state index is 6.91. The van der Waals surface area contributed by atoms with Crippen LogP contribution in [0.2, 0.25) is 0 Å². The Morgan fingerprint density at radius 1 is 1.10 bits per heavy atom. The SMILES string of the molecule is CCCC(N(CC)CC)C(N)(CC)c1ccc(OC)cc1. The molecule has 1 aromatic rings. The van der Waals surface area contributed by atoms with E-state index in [4.69, 9.17) is 10.5 Å². The lowest BCUT2D eigenvalue weighted by Crippen LogP contribution is -2.55. The largest absolute Gasteiger partial charge is 0.497 e. The molecular weight excluding hydrogens is 260 g/mol. The fourth-order valence-corrected chi connectivity index (χ4v) is 3.24. The molecule has 0 amide bonds. The molecule has 0 aromatic heterocycles. The van der Waals surface area contributed by atoms with E-state index in [-0.39, 0.29) is 5.54 Å². The van der Waals surface area contributed by atoms with E-state index >= 15 is 0 Å². The summed E-state index contributed by atoms with van der Waals surface area (Å²) in [6, 6.07) is 8.63. The molecule has 0 bridgehead atoms. The summed E-state index contributed by atoms with van der Waals surface area (Å²) >= 11 is 0. The van der Waals surface area contributed by atoms with Crippen LogP contribution in [-0.2, 0) is 5.54 Å². The first-order chi connectivity index (χ1) is 10.1. The molecule has 0 spiro atoms. The average Bonchev–Trinajstić information content (AvgIpc) is 2.54. The van der Waals surface area contributed by atoms with Gasteiger partial charge in [0.2, 0.25) is 0 Å². The standard InChI is InChI=1S/C18H32N2O/c1-6-10-17(20(8-3)9-4)18(19,7-2)15-11-13-16(21-5)14-12-15/h11-14,17H,6-10,19H2,1-5H3. The van der Waals surface area contributed by atoms with Crippen molar-refractivity contribution in [3.8, 4) is 5.75 Å². The second kappa shape index (κ2) is 8.40. The number of likely N-dealkylation sites (N-methyl/N-ethyl adjacent to an activating group) is 1. The summed E-state index contributed by atoms with van der Waals surface area (Å²) in [4.78, 5) is 2.50. The first-order valence-electron chi connectivity index (χ1n) is 8.24. The van der Waals surface area contributed by atoms with Gasteiger partial charge in [-0.25, -0.2) is 0 Å². The van der Waals surface area contributed by atoms with Crippen LogP contribution < -0.4 is 10.5 Å². The van der Waals surface area contributed by atoms with Crippen molar-refractivity contribution in [2.45, 2.75) is 58.5 Å². The van der Waals surface area contributed by atoms with Gasteiger partial charge in [0.05, 0.1) is 12.6 Å². The molecule has 2 unspecified atom stereocenters. The fraction of sp³-hybridized carbons (Fsp3) is 0.667. The Morgan fingerprint density at radius 2 is 1.67 bits per heavy atom. The van der Waals surface area contributed by atoms with Crippen molar-refractivity contribution in [2.75, 3.05) is 20.2 Å². The molecule has 0 radical (unpaired) electrons.